The number of likely N-dealkylation sites (tertiary alicyclic amines) is 1. The highest BCUT2D eigenvalue weighted by Gasteiger charge is 2.26. The molecule has 25 heavy (non-hydrogen) atoms. The van der Waals surface area contributed by atoms with E-state index in [0.717, 1.165) is 31.9 Å². The third-order valence-corrected chi connectivity index (χ3v) is 4.77. The van der Waals surface area contributed by atoms with Gasteiger partial charge in [-0.1, -0.05) is 19.8 Å². The fraction of sp³-hybridized carbons (Fsp3) is 0.556. The number of amides is 1. The minimum Gasteiger partial charge on any atom is -0.356 e. The number of halogens is 2. The molecule has 1 heterocycles. The maximum Gasteiger partial charge on any atom is 0.223 e. The Labute approximate surface area is 153 Å². The summed E-state index contributed by atoms with van der Waals surface area (Å²) in [5.74, 6) is -1.19. The Bertz CT molecular complexity index is 604. The van der Waals surface area contributed by atoms with Gasteiger partial charge in [-0.25, -0.2) is 8.78 Å². The van der Waals surface area contributed by atoms with Gasteiger partial charge in [0.25, 0.3) is 0 Å². The Morgan fingerprint density at radius 2 is 2.00 bits per heavy atom. The van der Waals surface area contributed by atoms with Crippen molar-refractivity contribution in [3.8, 4) is 0 Å². The number of carbonyl (C=O) groups is 1. The van der Waals surface area contributed by atoms with Crippen molar-refractivity contribution in [3.05, 3.63) is 29.8 Å². The van der Waals surface area contributed by atoms with Gasteiger partial charge in [-0.05, 0) is 43.6 Å². The molecular weight excluding hydrogens is 344 g/mol. The van der Waals surface area contributed by atoms with Crippen molar-refractivity contribution in [2.45, 2.75) is 39.0 Å². The van der Waals surface area contributed by atoms with E-state index in [1.54, 1.807) is 0 Å². The molecule has 0 unspecified atom stereocenters. The first-order chi connectivity index (χ1) is 12.0. The third-order valence-electron chi connectivity index (χ3n) is 4.41. The minimum atomic E-state index is -0.677. The van der Waals surface area contributed by atoms with Gasteiger partial charge in [0.15, 0.2) is 5.11 Å². The van der Waals surface area contributed by atoms with Crippen LogP contribution in [0.2, 0.25) is 0 Å². The first kappa shape index (κ1) is 19.6. The Kier molecular flexibility index (Phi) is 7.55. The number of hydrogen-bond acceptors (Lipinski definition) is 2. The summed E-state index contributed by atoms with van der Waals surface area (Å²) in [4.78, 5) is 14.1. The van der Waals surface area contributed by atoms with Gasteiger partial charge in [0.2, 0.25) is 5.91 Å². The monoisotopic (exact) mass is 369 g/mol. The lowest BCUT2D eigenvalue weighted by atomic mass is 9.96. The van der Waals surface area contributed by atoms with Crippen LogP contribution < -0.4 is 10.6 Å². The predicted molar refractivity (Wildman–Crippen MR) is 99.4 cm³/mol. The average Bonchev–Trinajstić information content (AvgIpc) is 2.61. The van der Waals surface area contributed by atoms with Crippen LogP contribution in [0.25, 0.3) is 0 Å². The van der Waals surface area contributed by atoms with Gasteiger partial charge in [0.05, 0.1) is 5.69 Å². The number of benzene rings is 1. The summed E-state index contributed by atoms with van der Waals surface area (Å²) < 4.78 is 26.6. The second kappa shape index (κ2) is 9.65. The maximum absolute atomic E-state index is 13.7. The molecule has 0 aromatic heterocycles. The first-order valence-corrected chi connectivity index (χ1v) is 9.20. The Balaban J connectivity index is 1.77. The number of thiocarbonyl (C=S) groups is 1. The van der Waals surface area contributed by atoms with Gasteiger partial charge in [-0.2, -0.15) is 0 Å². The second-order valence-electron chi connectivity index (χ2n) is 6.31. The minimum absolute atomic E-state index is 0.00299. The molecule has 1 aliphatic heterocycles. The van der Waals surface area contributed by atoms with Gasteiger partial charge >= 0.3 is 0 Å². The van der Waals surface area contributed by atoms with E-state index in [4.69, 9.17) is 12.2 Å². The molecule has 1 aliphatic rings. The quantitative estimate of drug-likeness (QED) is 0.593. The van der Waals surface area contributed by atoms with Gasteiger partial charge in [-0.15, -0.1) is 0 Å². The van der Waals surface area contributed by atoms with E-state index in [2.05, 4.69) is 17.6 Å². The van der Waals surface area contributed by atoms with Crippen molar-refractivity contribution < 1.29 is 13.6 Å². The Hall–Kier alpha value is -1.76. The van der Waals surface area contributed by atoms with E-state index in [-0.39, 0.29) is 17.5 Å². The number of nitrogens with one attached hydrogen (secondary N) is 2. The molecular formula is C18H25F2N3OS. The van der Waals surface area contributed by atoms with Crippen molar-refractivity contribution in [2.24, 2.45) is 5.92 Å². The van der Waals surface area contributed by atoms with Crippen molar-refractivity contribution in [1.82, 2.24) is 10.2 Å². The van der Waals surface area contributed by atoms with Crippen molar-refractivity contribution >= 4 is 28.9 Å². The molecule has 1 aromatic carbocycles. The first-order valence-electron chi connectivity index (χ1n) is 8.80. The highest BCUT2D eigenvalue weighted by atomic mass is 32.1. The van der Waals surface area contributed by atoms with Crippen LogP contribution in [-0.2, 0) is 4.79 Å². The number of nitrogens with zero attached hydrogens (tertiary/aromatic N) is 1. The number of unbranched alkanes of at least 4 members (excludes halogenated alkanes) is 2. The van der Waals surface area contributed by atoms with E-state index in [9.17, 15) is 13.6 Å². The summed E-state index contributed by atoms with van der Waals surface area (Å²) in [6.45, 7) is 4.15. The van der Waals surface area contributed by atoms with Crippen LogP contribution >= 0.6 is 12.2 Å². The molecule has 0 bridgehead atoms. The second-order valence-corrected chi connectivity index (χ2v) is 6.70. The largest absolute Gasteiger partial charge is 0.356 e. The summed E-state index contributed by atoms with van der Waals surface area (Å²) in [7, 11) is 0. The normalized spacial score (nSPS) is 15.1. The molecule has 2 N–H and O–H groups in total. The van der Waals surface area contributed by atoms with Crippen LogP contribution in [0.15, 0.2) is 18.2 Å². The predicted octanol–water partition coefficient (Wildman–Crippen LogP) is 3.68. The third kappa shape index (κ3) is 5.92. The fourth-order valence-electron chi connectivity index (χ4n) is 2.86. The van der Waals surface area contributed by atoms with Crippen LogP contribution in [0.3, 0.4) is 0 Å². The van der Waals surface area contributed by atoms with E-state index in [0.29, 0.717) is 31.0 Å². The molecule has 2 rings (SSSR count). The molecule has 0 radical (unpaired) electrons. The van der Waals surface area contributed by atoms with Gasteiger partial charge < -0.3 is 15.5 Å². The molecule has 1 saturated heterocycles. The number of hydrogen-bond donors (Lipinski definition) is 2. The fourth-order valence-corrected chi connectivity index (χ4v) is 3.15. The average molecular weight is 369 g/mol. The molecule has 0 atom stereocenters. The highest BCUT2D eigenvalue weighted by molar-refractivity contribution is 7.80. The molecule has 1 aromatic rings. The number of anilines is 1. The smallest absolute Gasteiger partial charge is 0.223 e. The van der Waals surface area contributed by atoms with Crippen LogP contribution in [-0.4, -0.2) is 35.6 Å². The zero-order valence-electron chi connectivity index (χ0n) is 14.5. The Morgan fingerprint density at radius 3 is 2.64 bits per heavy atom. The summed E-state index contributed by atoms with van der Waals surface area (Å²) in [6.07, 6.45) is 4.70. The molecule has 1 fully saturated rings. The zero-order chi connectivity index (χ0) is 18.2. The lowest BCUT2D eigenvalue weighted by molar-refractivity contribution is -0.126. The molecule has 0 saturated carbocycles. The summed E-state index contributed by atoms with van der Waals surface area (Å²) in [5, 5.41) is 6.20. The molecule has 1 amide bonds. The molecule has 7 heteroatoms. The lowest BCUT2D eigenvalue weighted by Crippen LogP contribution is -2.44. The molecule has 138 valence electrons. The highest BCUT2D eigenvalue weighted by Crippen LogP contribution is 2.20. The van der Waals surface area contributed by atoms with Gasteiger partial charge in [0.1, 0.15) is 11.6 Å². The van der Waals surface area contributed by atoms with E-state index in [1.165, 1.54) is 12.1 Å². The lowest BCUT2D eigenvalue weighted by Gasteiger charge is -2.33. The van der Waals surface area contributed by atoms with Gasteiger partial charge in [0, 0.05) is 31.6 Å². The summed E-state index contributed by atoms with van der Waals surface area (Å²) in [5.41, 5.74) is 0.155. The number of piperidine rings is 1. The summed E-state index contributed by atoms with van der Waals surface area (Å²) in [6, 6.07) is 3.33. The maximum atomic E-state index is 13.7. The van der Waals surface area contributed by atoms with E-state index >= 15 is 0 Å². The Morgan fingerprint density at radius 1 is 1.28 bits per heavy atom. The summed E-state index contributed by atoms with van der Waals surface area (Å²) >= 11 is 5.31. The van der Waals surface area contributed by atoms with Crippen LogP contribution in [0, 0.1) is 17.6 Å². The van der Waals surface area contributed by atoms with Crippen molar-refractivity contribution in [3.63, 3.8) is 0 Å². The molecule has 0 aliphatic carbocycles. The SMILES string of the molecule is CCCCCNC(=O)C1CCN(C(=S)Nc2ccc(F)cc2F)CC1. The number of carbonyl (C=O) groups excluding carboxylic acids is 1. The molecule has 4 nitrogen and oxygen atoms in total. The van der Waals surface area contributed by atoms with E-state index in [1.807, 2.05) is 4.90 Å². The van der Waals surface area contributed by atoms with Crippen LogP contribution in [0.5, 0.6) is 0 Å². The van der Waals surface area contributed by atoms with Crippen molar-refractivity contribution in [1.29, 1.82) is 0 Å². The van der Waals surface area contributed by atoms with Gasteiger partial charge in [-0.3, -0.25) is 4.79 Å². The number of rotatable bonds is 6. The zero-order valence-corrected chi connectivity index (χ0v) is 15.3. The molecule has 0 spiro atoms. The van der Waals surface area contributed by atoms with Crippen LogP contribution in [0.1, 0.15) is 39.0 Å². The van der Waals surface area contributed by atoms with E-state index < -0.39 is 11.6 Å². The van der Waals surface area contributed by atoms with Crippen LogP contribution in [0.4, 0.5) is 14.5 Å². The topological polar surface area (TPSA) is 44.4 Å². The standard InChI is InChI=1S/C18H25F2N3OS/c1-2-3-4-9-21-17(24)13-7-10-23(11-8-13)18(25)22-16-6-5-14(19)12-15(16)20/h5-6,12-13H,2-4,7-11H2,1H3,(H,21,24)(H,22,25). The van der Waals surface area contributed by atoms with Crippen molar-refractivity contribution in [2.75, 3.05) is 25.0 Å².